The number of sulfonamides is 1. The highest BCUT2D eigenvalue weighted by atomic mass is 32.2. The quantitative estimate of drug-likeness (QED) is 0.182. The molecule has 2 heterocycles. The van der Waals surface area contributed by atoms with Crippen LogP contribution in [0.4, 0.5) is 5.69 Å². The number of aromatic nitrogens is 1. The number of carbonyl (C=O) groups excluding carboxylic acids is 2. The van der Waals surface area contributed by atoms with Crippen molar-refractivity contribution in [1.29, 1.82) is 0 Å². The van der Waals surface area contributed by atoms with Crippen molar-refractivity contribution in [3.05, 3.63) is 65.4 Å². The van der Waals surface area contributed by atoms with Crippen LogP contribution in [0.15, 0.2) is 48.7 Å². The van der Waals surface area contributed by atoms with Gasteiger partial charge in [-0.2, -0.15) is 0 Å². The van der Waals surface area contributed by atoms with E-state index in [0.717, 1.165) is 41.3 Å². The summed E-state index contributed by atoms with van der Waals surface area (Å²) in [5.74, 6) is 0.181. The maximum atomic E-state index is 14.1. The molecular formula is C37H51N3O5S. The van der Waals surface area contributed by atoms with Gasteiger partial charge in [0.05, 0.1) is 23.3 Å². The number of hydrogen-bond donors (Lipinski definition) is 2. The lowest BCUT2D eigenvalue weighted by Crippen LogP contribution is -2.48. The van der Waals surface area contributed by atoms with E-state index in [2.05, 4.69) is 36.9 Å². The standard InChI is InChI=1S/C37H51N3O5S/c1-6-11-32(41)35(33(42)15-14-25(3)4)38-22-27(18-26-12-9-8-10-13-26)19-34(43)29-20-30-28(7-2)23-40-24-37(16-17-37)46(44,45)39(5)31(21-29)36(30)40/h8-10,12-13,20-21,23,25,27,32,35,38,41H,6-7,11,14-19,22,24H2,1-5H3/t27-,32+,35+/m1/s1. The largest absolute Gasteiger partial charge is 0.391 e. The van der Waals surface area contributed by atoms with Gasteiger partial charge in [-0.15, -0.1) is 0 Å². The van der Waals surface area contributed by atoms with Crippen LogP contribution in [0.25, 0.3) is 10.9 Å². The van der Waals surface area contributed by atoms with Gasteiger partial charge in [0.15, 0.2) is 11.6 Å². The number of aliphatic hydroxyl groups is 1. The van der Waals surface area contributed by atoms with Crippen LogP contribution in [0.1, 0.15) is 94.1 Å². The Hall–Kier alpha value is -3.01. The van der Waals surface area contributed by atoms with Gasteiger partial charge in [0.2, 0.25) is 10.0 Å². The average molecular weight is 650 g/mol. The highest BCUT2D eigenvalue weighted by molar-refractivity contribution is 7.94. The Morgan fingerprint density at radius 3 is 2.41 bits per heavy atom. The number of benzene rings is 2. The number of aryl methyl sites for hydroxylation is 1. The van der Waals surface area contributed by atoms with E-state index in [1.54, 1.807) is 13.1 Å². The Labute approximate surface area is 274 Å². The average Bonchev–Trinajstić information content (AvgIpc) is 3.75. The van der Waals surface area contributed by atoms with Crippen molar-refractivity contribution in [2.24, 2.45) is 11.8 Å². The summed E-state index contributed by atoms with van der Waals surface area (Å²) in [6.45, 7) is 9.07. The lowest BCUT2D eigenvalue weighted by atomic mass is 9.90. The third-order valence-electron chi connectivity index (χ3n) is 10.0. The summed E-state index contributed by atoms with van der Waals surface area (Å²) in [7, 11) is -1.97. The summed E-state index contributed by atoms with van der Waals surface area (Å²) in [5.41, 5.74) is 4.12. The molecule has 0 radical (unpaired) electrons. The van der Waals surface area contributed by atoms with Gasteiger partial charge in [-0.3, -0.25) is 13.9 Å². The minimum atomic E-state index is -3.59. The van der Waals surface area contributed by atoms with Crippen molar-refractivity contribution in [3.8, 4) is 0 Å². The van der Waals surface area contributed by atoms with Crippen LogP contribution in [0.5, 0.6) is 0 Å². The summed E-state index contributed by atoms with van der Waals surface area (Å²) in [5, 5.41) is 15.3. The number of nitrogens with zero attached hydrogens (tertiary/aromatic N) is 2. The molecule has 1 fully saturated rings. The van der Waals surface area contributed by atoms with Gasteiger partial charge in [-0.05, 0) is 80.2 Å². The topological polar surface area (TPSA) is 109 Å². The van der Waals surface area contributed by atoms with Crippen LogP contribution in [0, 0.1) is 11.8 Å². The van der Waals surface area contributed by atoms with E-state index in [-0.39, 0.29) is 23.9 Å². The first-order valence-corrected chi connectivity index (χ1v) is 18.5. The second-order valence-electron chi connectivity index (χ2n) is 14.0. The van der Waals surface area contributed by atoms with Crippen molar-refractivity contribution < 1.29 is 23.1 Å². The van der Waals surface area contributed by atoms with Crippen LogP contribution in [-0.2, 0) is 34.2 Å². The zero-order valence-electron chi connectivity index (χ0n) is 28.1. The van der Waals surface area contributed by atoms with Gasteiger partial charge in [-0.1, -0.05) is 64.4 Å². The van der Waals surface area contributed by atoms with E-state index in [9.17, 15) is 23.1 Å². The third-order valence-corrected chi connectivity index (χ3v) is 12.6. The molecule has 250 valence electrons. The predicted molar refractivity (Wildman–Crippen MR) is 185 cm³/mol. The number of carbonyl (C=O) groups is 2. The van der Waals surface area contributed by atoms with Gasteiger partial charge in [-0.25, -0.2) is 8.42 Å². The van der Waals surface area contributed by atoms with Gasteiger partial charge < -0.3 is 15.0 Å². The van der Waals surface area contributed by atoms with Gasteiger partial charge in [0.25, 0.3) is 0 Å². The summed E-state index contributed by atoms with van der Waals surface area (Å²) >= 11 is 0. The van der Waals surface area contributed by atoms with Crippen molar-refractivity contribution in [3.63, 3.8) is 0 Å². The summed E-state index contributed by atoms with van der Waals surface area (Å²) in [6.07, 6.45) is 6.62. The minimum absolute atomic E-state index is 0.00865. The molecule has 0 unspecified atom stereocenters. The number of Topliss-reactive ketones (excluding diaryl/α,β-unsaturated/α-hetero) is 2. The van der Waals surface area contributed by atoms with Crippen molar-refractivity contribution in [2.75, 3.05) is 17.9 Å². The molecule has 3 aromatic rings. The third kappa shape index (κ3) is 6.97. The Bertz CT molecular complexity index is 1660. The molecule has 2 aliphatic rings. The molecule has 5 rings (SSSR count). The highest BCUT2D eigenvalue weighted by Gasteiger charge is 2.58. The maximum Gasteiger partial charge on any atom is 0.242 e. The minimum Gasteiger partial charge on any atom is -0.391 e. The molecule has 1 spiro atoms. The lowest BCUT2D eigenvalue weighted by Gasteiger charge is -2.26. The zero-order valence-corrected chi connectivity index (χ0v) is 28.9. The van der Waals surface area contributed by atoms with Crippen LogP contribution in [0.2, 0.25) is 0 Å². The van der Waals surface area contributed by atoms with E-state index in [1.807, 2.05) is 43.3 Å². The molecule has 2 N–H and O–H groups in total. The molecular weight excluding hydrogens is 598 g/mol. The van der Waals surface area contributed by atoms with E-state index >= 15 is 0 Å². The predicted octanol–water partition coefficient (Wildman–Crippen LogP) is 6.07. The van der Waals surface area contributed by atoms with Crippen molar-refractivity contribution >= 4 is 38.2 Å². The van der Waals surface area contributed by atoms with E-state index < -0.39 is 26.9 Å². The Balaban J connectivity index is 1.44. The van der Waals surface area contributed by atoms with Crippen LogP contribution in [-0.4, -0.2) is 60.1 Å². The van der Waals surface area contributed by atoms with Gasteiger partial charge >= 0.3 is 0 Å². The number of hydrogen-bond acceptors (Lipinski definition) is 6. The molecule has 46 heavy (non-hydrogen) atoms. The number of rotatable bonds is 16. The smallest absolute Gasteiger partial charge is 0.242 e. The van der Waals surface area contributed by atoms with Crippen LogP contribution in [0.3, 0.4) is 0 Å². The lowest BCUT2D eigenvalue weighted by molar-refractivity contribution is -0.124. The molecule has 1 aliphatic heterocycles. The monoisotopic (exact) mass is 649 g/mol. The highest BCUT2D eigenvalue weighted by Crippen LogP contribution is 2.51. The van der Waals surface area contributed by atoms with Gasteiger partial charge in [0.1, 0.15) is 4.75 Å². The maximum absolute atomic E-state index is 14.1. The molecule has 8 nitrogen and oxygen atoms in total. The summed E-state index contributed by atoms with van der Waals surface area (Å²) in [6, 6.07) is 13.0. The van der Waals surface area contributed by atoms with Gasteiger partial charge in [0, 0.05) is 43.6 Å². The zero-order chi connectivity index (χ0) is 33.2. The number of nitrogens with one attached hydrogen (secondary N) is 1. The van der Waals surface area contributed by atoms with Crippen LogP contribution >= 0.6 is 0 Å². The number of ketones is 2. The van der Waals surface area contributed by atoms with E-state index in [1.165, 1.54) is 4.31 Å². The molecule has 0 amide bonds. The van der Waals surface area contributed by atoms with Crippen molar-refractivity contribution in [1.82, 2.24) is 9.88 Å². The summed E-state index contributed by atoms with van der Waals surface area (Å²) < 4.78 is 30.1. The second kappa shape index (κ2) is 14.0. The molecule has 0 saturated heterocycles. The fourth-order valence-electron chi connectivity index (χ4n) is 7.01. The molecule has 1 aliphatic carbocycles. The molecule has 9 heteroatoms. The second-order valence-corrected chi connectivity index (χ2v) is 16.4. The van der Waals surface area contributed by atoms with Crippen molar-refractivity contribution in [2.45, 2.75) is 109 Å². The SMILES string of the molecule is CCC[C@H](O)[C@H](NC[C@@H](CC(=O)c1cc2c3c(c1)c(CC)cn3CC1(CC1)S(=O)(=O)N2C)Cc1ccccc1)C(=O)CCC(C)C. The summed E-state index contributed by atoms with van der Waals surface area (Å²) in [4.78, 5) is 27.4. The molecule has 2 aromatic carbocycles. The Morgan fingerprint density at radius 1 is 1.07 bits per heavy atom. The van der Waals surface area contributed by atoms with Crippen LogP contribution < -0.4 is 9.62 Å². The number of aliphatic hydroxyl groups excluding tert-OH is 1. The molecule has 3 atom stereocenters. The Kier molecular flexibility index (Phi) is 10.4. The number of anilines is 1. The van der Waals surface area contributed by atoms with E-state index in [0.29, 0.717) is 62.4 Å². The first kappa shape index (κ1) is 34.3. The van der Waals surface area contributed by atoms with E-state index in [4.69, 9.17) is 0 Å². The molecule has 1 saturated carbocycles. The fraction of sp³-hybridized carbons (Fsp3) is 0.568. The fourth-order valence-corrected chi connectivity index (χ4v) is 8.91. The normalized spacial score (nSPS) is 18.5. The molecule has 1 aromatic heterocycles. The molecule has 0 bridgehead atoms. The first-order chi connectivity index (χ1) is 21.9. The first-order valence-electron chi connectivity index (χ1n) is 17.1. The Morgan fingerprint density at radius 2 is 1.78 bits per heavy atom.